The van der Waals surface area contributed by atoms with Crippen molar-refractivity contribution in [2.75, 3.05) is 0 Å². The number of hydrogen-bond donors (Lipinski definition) is 1. The van der Waals surface area contributed by atoms with E-state index in [2.05, 4.69) is 0 Å². The lowest BCUT2D eigenvalue weighted by atomic mass is 9.86. The van der Waals surface area contributed by atoms with Gasteiger partial charge in [0.25, 0.3) is 0 Å². The lowest BCUT2D eigenvalue weighted by Crippen LogP contribution is -2.23. The summed E-state index contributed by atoms with van der Waals surface area (Å²) < 4.78 is 26.6. The normalized spacial score (nSPS) is 14.2. The maximum atomic E-state index is 13.3. The fourth-order valence-corrected chi connectivity index (χ4v) is 2.26. The smallest absolute Gasteiger partial charge is 0.126 e. The Morgan fingerprint density at radius 1 is 0.789 bits per heavy atom. The van der Waals surface area contributed by atoms with Gasteiger partial charge >= 0.3 is 0 Å². The van der Waals surface area contributed by atoms with Gasteiger partial charge in [0, 0.05) is 6.07 Å². The van der Waals surface area contributed by atoms with E-state index in [0.717, 1.165) is 29.3 Å². The molecule has 0 aromatic heterocycles. The first-order chi connectivity index (χ1) is 8.79. The van der Waals surface area contributed by atoms with Gasteiger partial charge in [0.05, 0.1) is 0 Å². The Balaban J connectivity index is 2.57. The van der Waals surface area contributed by atoms with Crippen LogP contribution in [-0.4, -0.2) is 5.11 Å². The van der Waals surface area contributed by atoms with E-state index >= 15 is 0 Å². The second-order valence-electron chi connectivity index (χ2n) is 5.11. The monoisotopic (exact) mass is 262 g/mol. The van der Waals surface area contributed by atoms with Crippen LogP contribution in [0, 0.1) is 25.5 Å². The van der Waals surface area contributed by atoms with Crippen LogP contribution in [0.5, 0.6) is 0 Å². The number of rotatable bonds is 2. The third-order valence-electron chi connectivity index (χ3n) is 3.21. The molecule has 0 fully saturated rings. The van der Waals surface area contributed by atoms with Crippen LogP contribution in [0.1, 0.15) is 29.2 Å². The summed E-state index contributed by atoms with van der Waals surface area (Å²) in [7, 11) is 0. The molecule has 1 N–H and O–H groups in total. The van der Waals surface area contributed by atoms with Crippen LogP contribution >= 0.6 is 0 Å². The highest BCUT2D eigenvalue weighted by Gasteiger charge is 2.27. The van der Waals surface area contributed by atoms with Gasteiger partial charge in [-0.2, -0.15) is 0 Å². The zero-order valence-corrected chi connectivity index (χ0v) is 11.2. The van der Waals surface area contributed by atoms with Gasteiger partial charge in [0.2, 0.25) is 0 Å². The number of aryl methyl sites for hydroxylation is 2. The molecule has 0 saturated heterocycles. The largest absolute Gasteiger partial charge is 0.381 e. The van der Waals surface area contributed by atoms with Gasteiger partial charge in [-0.15, -0.1) is 0 Å². The summed E-state index contributed by atoms with van der Waals surface area (Å²) in [6.45, 7) is 5.37. The van der Waals surface area contributed by atoms with E-state index in [4.69, 9.17) is 0 Å². The molecule has 0 radical (unpaired) electrons. The predicted octanol–water partition coefficient (Wildman–Crippen LogP) is 3.84. The minimum atomic E-state index is -1.43. The van der Waals surface area contributed by atoms with Crippen LogP contribution in [0.3, 0.4) is 0 Å². The molecule has 19 heavy (non-hydrogen) atoms. The average Bonchev–Trinajstić information content (AvgIpc) is 2.26. The predicted molar refractivity (Wildman–Crippen MR) is 70.9 cm³/mol. The molecule has 100 valence electrons. The van der Waals surface area contributed by atoms with Crippen molar-refractivity contribution in [3.8, 4) is 0 Å². The van der Waals surface area contributed by atoms with E-state index in [-0.39, 0.29) is 5.56 Å². The molecule has 0 heterocycles. The van der Waals surface area contributed by atoms with E-state index < -0.39 is 17.2 Å². The summed E-state index contributed by atoms with van der Waals surface area (Å²) in [6.07, 6.45) is 0. The third-order valence-corrected chi connectivity index (χ3v) is 3.21. The van der Waals surface area contributed by atoms with Crippen molar-refractivity contribution < 1.29 is 13.9 Å². The second-order valence-corrected chi connectivity index (χ2v) is 5.11. The topological polar surface area (TPSA) is 20.2 Å². The molecule has 0 spiro atoms. The van der Waals surface area contributed by atoms with Crippen LogP contribution in [0.15, 0.2) is 36.4 Å². The second kappa shape index (κ2) is 4.74. The first-order valence-corrected chi connectivity index (χ1v) is 6.07. The summed E-state index contributed by atoms with van der Waals surface area (Å²) >= 11 is 0. The standard InChI is InChI=1S/C16H16F2O/c1-10-4-11(2)6-12(5-10)16(3,19)13-7-14(17)9-15(18)8-13/h4-9,19H,1-3H3. The van der Waals surface area contributed by atoms with Crippen LogP contribution in [0.25, 0.3) is 0 Å². The van der Waals surface area contributed by atoms with Crippen LogP contribution in [0.4, 0.5) is 8.78 Å². The molecule has 0 saturated carbocycles. The van der Waals surface area contributed by atoms with Gasteiger partial charge in [-0.1, -0.05) is 29.3 Å². The van der Waals surface area contributed by atoms with Gasteiger partial charge in [0.15, 0.2) is 0 Å². The lowest BCUT2D eigenvalue weighted by molar-refractivity contribution is 0.101. The molecule has 0 aliphatic carbocycles. The molecule has 0 bridgehead atoms. The minimum Gasteiger partial charge on any atom is -0.381 e. The van der Waals surface area contributed by atoms with Crippen molar-refractivity contribution in [3.05, 3.63) is 70.3 Å². The molecule has 0 aliphatic rings. The Bertz CT molecular complexity index is 524. The highest BCUT2D eigenvalue weighted by atomic mass is 19.1. The van der Waals surface area contributed by atoms with E-state index in [1.807, 2.05) is 32.0 Å². The maximum Gasteiger partial charge on any atom is 0.126 e. The Hall–Kier alpha value is -1.74. The van der Waals surface area contributed by atoms with E-state index in [0.29, 0.717) is 5.56 Å². The SMILES string of the molecule is Cc1cc(C)cc(C(C)(O)c2cc(F)cc(F)c2)c1. The first kappa shape index (κ1) is 13.7. The molecule has 1 unspecified atom stereocenters. The first-order valence-electron chi connectivity index (χ1n) is 6.07. The van der Waals surface area contributed by atoms with Gasteiger partial charge in [-0.25, -0.2) is 8.78 Å². The zero-order valence-electron chi connectivity index (χ0n) is 11.2. The van der Waals surface area contributed by atoms with Crippen molar-refractivity contribution in [2.24, 2.45) is 0 Å². The summed E-state index contributed by atoms with van der Waals surface area (Å²) in [5.41, 5.74) is 1.38. The number of benzene rings is 2. The van der Waals surface area contributed by atoms with Crippen LogP contribution in [0.2, 0.25) is 0 Å². The van der Waals surface area contributed by atoms with Crippen molar-refractivity contribution in [1.29, 1.82) is 0 Å². The van der Waals surface area contributed by atoms with Crippen molar-refractivity contribution >= 4 is 0 Å². The van der Waals surface area contributed by atoms with Gasteiger partial charge in [0.1, 0.15) is 17.2 Å². The molecule has 0 amide bonds. The molecule has 0 aliphatic heterocycles. The van der Waals surface area contributed by atoms with E-state index in [1.165, 1.54) is 6.92 Å². The fraction of sp³-hybridized carbons (Fsp3) is 0.250. The highest BCUT2D eigenvalue weighted by Crippen LogP contribution is 2.31. The summed E-state index contributed by atoms with van der Waals surface area (Å²) in [6, 6.07) is 8.71. The van der Waals surface area contributed by atoms with E-state index in [9.17, 15) is 13.9 Å². The molecule has 1 nitrogen and oxygen atoms in total. The molecule has 3 heteroatoms. The Labute approximate surface area is 111 Å². The number of aliphatic hydroxyl groups is 1. The quantitative estimate of drug-likeness (QED) is 0.872. The minimum absolute atomic E-state index is 0.204. The van der Waals surface area contributed by atoms with Crippen molar-refractivity contribution in [1.82, 2.24) is 0 Å². The van der Waals surface area contributed by atoms with Crippen molar-refractivity contribution in [2.45, 2.75) is 26.4 Å². The highest BCUT2D eigenvalue weighted by molar-refractivity contribution is 5.39. The Morgan fingerprint density at radius 2 is 1.21 bits per heavy atom. The zero-order chi connectivity index (χ0) is 14.2. The molecule has 2 aromatic carbocycles. The van der Waals surface area contributed by atoms with Crippen molar-refractivity contribution in [3.63, 3.8) is 0 Å². The van der Waals surface area contributed by atoms with Crippen LogP contribution < -0.4 is 0 Å². The average molecular weight is 262 g/mol. The van der Waals surface area contributed by atoms with Crippen LogP contribution in [-0.2, 0) is 5.60 Å². The molecule has 2 aromatic rings. The lowest BCUT2D eigenvalue weighted by Gasteiger charge is -2.25. The molecule has 1 atom stereocenters. The molecule has 2 rings (SSSR count). The molecular formula is C16H16F2O. The summed E-state index contributed by atoms with van der Waals surface area (Å²) in [4.78, 5) is 0. The number of hydrogen-bond acceptors (Lipinski definition) is 1. The fourth-order valence-electron chi connectivity index (χ4n) is 2.26. The van der Waals surface area contributed by atoms with Gasteiger partial charge in [-0.3, -0.25) is 0 Å². The van der Waals surface area contributed by atoms with Gasteiger partial charge < -0.3 is 5.11 Å². The maximum absolute atomic E-state index is 13.3. The summed E-state index contributed by atoms with van der Waals surface area (Å²) in [5.74, 6) is -1.39. The van der Waals surface area contributed by atoms with Gasteiger partial charge in [-0.05, 0) is 44.0 Å². The molecular weight excluding hydrogens is 246 g/mol. The van der Waals surface area contributed by atoms with E-state index in [1.54, 1.807) is 0 Å². The number of halogens is 2. The summed E-state index contributed by atoms with van der Waals surface area (Å²) in [5, 5.41) is 10.6. The Kier molecular flexibility index (Phi) is 3.42. The Morgan fingerprint density at radius 3 is 1.68 bits per heavy atom. The third kappa shape index (κ3) is 2.82.